The van der Waals surface area contributed by atoms with Gasteiger partial charge in [-0.2, -0.15) is 0 Å². The summed E-state index contributed by atoms with van der Waals surface area (Å²) in [4.78, 5) is 28.9. The number of pyridine rings is 1. The Morgan fingerprint density at radius 3 is 2.26 bits per heavy atom. The zero-order valence-corrected chi connectivity index (χ0v) is 16.9. The highest BCUT2D eigenvalue weighted by atomic mass is 19.1. The molecule has 0 radical (unpaired) electrons. The number of carbonyl (C=O) groups is 2. The van der Waals surface area contributed by atoms with Crippen LogP contribution in [0.4, 0.5) is 4.39 Å². The maximum absolute atomic E-state index is 13.4. The molecule has 0 saturated heterocycles. The van der Waals surface area contributed by atoms with E-state index in [-0.39, 0.29) is 5.57 Å². The highest BCUT2D eigenvalue weighted by Gasteiger charge is 2.36. The number of rotatable bonds is 8. The summed E-state index contributed by atoms with van der Waals surface area (Å²) in [6, 6.07) is 17.8. The van der Waals surface area contributed by atoms with E-state index in [0.717, 1.165) is 17.7 Å². The topological polar surface area (TPSA) is 87.5 Å². The highest BCUT2D eigenvalue weighted by molar-refractivity contribution is 6.02. The minimum Gasteiger partial charge on any atom is -0.481 e. The number of carboxylic acids is 1. The summed E-state index contributed by atoms with van der Waals surface area (Å²) in [5.74, 6) is -5.10. The second kappa shape index (κ2) is 9.45. The van der Waals surface area contributed by atoms with Crippen LogP contribution in [0.25, 0.3) is 16.8 Å². The van der Waals surface area contributed by atoms with Crippen molar-refractivity contribution in [3.8, 4) is 11.3 Å². The number of hydrogen-bond acceptors (Lipinski definition) is 4. The van der Waals surface area contributed by atoms with Crippen LogP contribution in [-0.2, 0) is 9.59 Å². The SMILES string of the molecule is C=C(c1cccnc1-c1ccccc1)C(O)C(C(=O)C(C)C(=O)O)c1ccc(F)cc1. The zero-order chi connectivity index (χ0) is 22.5. The van der Waals surface area contributed by atoms with Gasteiger partial charge in [-0.15, -0.1) is 0 Å². The van der Waals surface area contributed by atoms with Crippen LogP contribution in [0, 0.1) is 11.7 Å². The van der Waals surface area contributed by atoms with E-state index in [2.05, 4.69) is 11.6 Å². The van der Waals surface area contributed by atoms with Gasteiger partial charge < -0.3 is 10.2 Å². The molecule has 3 aromatic rings. The van der Waals surface area contributed by atoms with Gasteiger partial charge in [0, 0.05) is 17.3 Å². The molecule has 3 unspecified atom stereocenters. The number of aromatic nitrogens is 1. The van der Waals surface area contributed by atoms with Crippen molar-refractivity contribution < 1.29 is 24.2 Å². The molecule has 1 heterocycles. The molecule has 0 bridgehead atoms. The summed E-state index contributed by atoms with van der Waals surface area (Å²) in [5.41, 5.74) is 2.42. The van der Waals surface area contributed by atoms with Crippen molar-refractivity contribution in [2.75, 3.05) is 0 Å². The smallest absolute Gasteiger partial charge is 0.313 e. The number of carbonyl (C=O) groups excluding carboxylic acids is 1. The number of halogens is 1. The summed E-state index contributed by atoms with van der Waals surface area (Å²) in [6.07, 6.45) is 0.173. The Hall–Kier alpha value is -3.64. The summed E-state index contributed by atoms with van der Waals surface area (Å²) >= 11 is 0. The maximum Gasteiger partial charge on any atom is 0.313 e. The van der Waals surface area contributed by atoms with Crippen LogP contribution in [0.5, 0.6) is 0 Å². The molecule has 0 fully saturated rings. The molecule has 0 aliphatic carbocycles. The Bertz CT molecular complexity index is 1100. The number of carboxylic acid groups (broad SMARTS) is 1. The molecular formula is C25H22FNO4. The van der Waals surface area contributed by atoms with Crippen LogP contribution in [-0.4, -0.2) is 33.1 Å². The minimum atomic E-state index is -1.44. The van der Waals surface area contributed by atoms with E-state index in [0.29, 0.717) is 16.8 Å². The van der Waals surface area contributed by atoms with Gasteiger partial charge in [0.1, 0.15) is 11.7 Å². The van der Waals surface area contributed by atoms with Crippen molar-refractivity contribution in [3.63, 3.8) is 0 Å². The fourth-order valence-electron chi connectivity index (χ4n) is 3.41. The summed E-state index contributed by atoms with van der Waals surface area (Å²) in [7, 11) is 0. The molecule has 0 saturated carbocycles. The van der Waals surface area contributed by atoms with Gasteiger partial charge in [0.05, 0.1) is 17.7 Å². The van der Waals surface area contributed by atoms with Gasteiger partial charge in [0.15, 0.2) is 5.78 Å². The molecule has 6 heteroatoms. The molecule has 1 aromatic heterocycles. The number of Topliss-reactive ketones (excluding diaryl/α,β-unsaturated/α-hetero) is 1. The average molecular weight is 419 g/mol. The van der Waals surface area contributed by atoms with Crippen LogP contribution < -0.4 is 0 Å². The zero-order valence-electron chi connectivity index (χ0n) is 16.9. The van der Waals surface area contributed by atoms with Crippen molar-refractivity contribution in [2.45, 2.75) is 18.9 Å². The fraction of sp³-hybridized carbons (Fsp3) is 0.160. The molecule has 0 amide bonds. The van der Waals surface area contributed by atoms with Crippen LogP contribution in [0.1, 0.15) is 24.0 Å². The minimum absolute atomic E-state index is 0.215. The Labute approximate surface area is 179 Å². The molecule has 0 aliphatic heterocycles. The van der Waals surface area contributed by atoms with E-state index in [1.807, 2.05) is 30.3 Å². The third-order valence-electron chi connectivity index (χ3n) is 5.21. The Kier molecular flexibility index (Phi) is 6.72. The lowest BCUT2D eigenvalue weighted by molar-refractivity contribution is -0.146. The highest BCUT2D eigenvalue weighted by Crippen LogP contribution is 2.35. The van der Waals surface area contributed by atoms with Gasteiger partial charge in [0.2, 0.25) is 0 Å². The molecule has 3 rings (SSSR count). The third kappa shape index (κ3) is 4.75. The lowest BCUT2D eigenvalue weighted by Crippen LogP contribution is -2.34. The van der Waals surface area contributed by atoms with E-state index >= 15 is 0 Å². The molecule has 0 spiro atoms. The number of benzene rings is 2. The number of aliphatic hydroxyl groups excluding tert-OH is 1. The number of aliphatic carboxylic acids is 1. The van der Waals surface area contributed by atoms with Gasteiger partial charge in [0.25, 0.3) is 0 Å². The van der Waals surface area contributed by atoms with E-state index in [1.165, 1.54) is 19.1 Å². The first-order chi connectivity index (χ1) is 14.8. The van der Waals surface area contributed by atoms with Gasteiger partial charge in [-0.25, -0.2) is 4.39 Å². The Balaban J connectivity index is 2.05. The first kappa shape index (κ1) is 22.1. The van der Waals surface area contributed by atoms with E-state index in [1.54, 1.807) is 18.3 Å². The quantitative estimate of drug-likeness (QED) is 0.531. The summed E-state index contributed by atoms with van der Waals surface area (Å²) < 4.78 is 13.4. The van der Waals surface area contributed by atoms with Crippen LogP contribution in [0.3, 0.4) is 0 Å². The van der Waals surface area contributed by atoms with Gasteiger partial charge in [-0.3, -0.25) is 14.6 Å². The van der Waals surface area contributed by atoms with Gasteiger partial charge in [-0.05, 0) is 36.3 Å². The molecule has 2 aromatic carbocycles. The second-order valence-electron chi connectivity index (χ2n) is 7.23. The lowest BCUT2D eigenvalue weighted by atomic mass is 9.80. The van der Waals surface area contributed by atoms with Crippen molar-refractivity contribution in [2.24, 2.45) is 5.92 Å². The van der Waals surface area contributed by atoms with Crippen LogP contribution in [0.15, 0.2) is 79.5 Å². The number of aliphatic hydroxyl groups is 1. The van der Waals surface area contributed by atoms with E-state index < -0.39 is 35.5 Å². The van der Waals surface area contributed by atoms with Gasteiger partial charge in [-0.1, -0.05) is 55.1 Å². The molecule has 158 valence electrons. The van der Waals surface area contributed by atoms with Crippen molar-refractivity contribution >= 4 is 17.3 Å². The predicted molar refractivity (Wildman–Crippen MR) is 116 cm³/mol. The second-order valence-corrected chi connectivity index (χ2v) is 7.23. The largest absolute Gasteiger partial charge is 0.481 e. The molecule has 0 aliphatic rings. The summed E-state index contributed by atoms with van der Waals surface area (Å²) in [6.45, 7) is 5.26. The van der Waals surface area contributed by atoms with E-state index in [9.17, 15) is 24.2 Å². The average Bonchev–Trinajstić information content (AvgIpc) is 2.79. The van der Waals surface area contributed by atoms with Crippen LogP contribution >= 0.6 is 0 Å². The Morgan fingerprint density at radius 1 is 1.00 bits per heavy atom. The fourth-order valence-corrected chi connectivity index (χ4v) is 3.41. The monoisotopic (exact) mass is 419 g/mol. The number of hydrogen-bond donors (Lipinski definition) is 2. The molecular weight excluding hydrogens is 397 g/mol. The normalized spacial score (nSPS) is 13.8. The first-order valence-corrected chi connectivity index (χ1v) is 9.71. The van der Waals surface area contributed by atoms with Crippen molar-refractivity contribution in [3.05, 3.63) is 96.4 Å². The van der Waals surface area contributed by atoms with E-state index in [4.69, 9.17) is 0 Å². The van der Waals surface area contributed by atoms with Crippen molar-refractivity contribution in [1.29, 1.82) is 0 Å². The Morgan fingerprint density at radius 2 is 1.65 bits per heavy atom. The number of ketones is 1. The molecule has 5 nitrogen and oxygen atoms in total. The lowest BCUT2D eigenvalue weighted by Gasteiger charge is -2.26. The molecule has 2 N–H and O–H groups in total. The third-order valence-corrected chi connectivity index (χ3v) is 5.21. The predicted octanol–water partition coefficient (Wildman–Crippen LogP) is 4.34. The van der Waals surface area contributed by atoms with Crippen LogP contribution in [0.2, 0.25) is 0 Å². The molecule has 31 heavy (non-hydrogen) atoms. The van der Waals surface area contributed by atoms with Crippen molar-refractivity contribution in [1.82, 2.24) is 4.98 Å². The molecule has 3 atom stereocenters. The standard InChI is InChI=1S/C25H22FNO4/c1-15(20-9-6-14-27-22(20)18-7-4-3-5-8-18)23(28)21(24(29)16(2)25(30)31)17-10-12-19(26)13-11-17/h3-14,16,21,23,28H,1H2,2H3,(H,30,31). The summed E-state index contributed by atoms with van der Waals surface area (Å²) in [5, 5.41) is 20.5. The maximum atomic E-state index is 13.4. The van der Waals surface area contributed by atoms with Gasteiger partial charge >= 0.3 is 5.97 Å². The number of nitrogens with zero attached hydrogens (tertiary/aromatic N) is 1. The first-order valence-electron chi connectivity index (χ1n) is 9.71.